The first-order chi connectivity index (χ1) is 13.0. The lowest BCUT2D eigenvalue weighted by molar-refractivity contribution is -0.131. The first-order valence-electron chi connectivity index (χ1n) is 9.41. The third-order valence-corrected chi connectivity index (χ3v) is 7.77. The molecule has 2 heterocycles. The quantitative estimate of drug-likeness (QED) is 0.852. The number of piperidine rings is 1. The fourth-order valence-electron chi connectivity index (χ4n) is 3.94. The van der Waals surface area contributed by atoms with Crippen molar-refractivity contribution in [1.82, 2.24) is 9.80 Å². The van der Waals surface area contributed by atoms with E-state index in [1.54, 1.807) is 36.3 Å². The van der Waals surface area contributed by atoms with Crippen LogP contribution in [0.15, 0.2) is 24.3 Å². The molecule has 1 aromatic rings. The predicted molar refractivity (Wildman–Crippen MR) is 103 cm³/mol. The van der Waals surface area contributed by atoms with Gasteiger partial charge in [0.05, 0.1) is 17.9 Å². The third-order valence-electron chi connectivity index (χ3n) is 5.78. The Morgan fingerprint density at radius 3 is 2.52 bits per heavy atom. The Bertz CT molecular complexity index is 755. The minimum atomic E-state index is -1.18. The maximum absolute atomic E-state index is 12.7. The number of urea groups is 1. The highest BCUT2D eigenvalue weighted by Crippen LogP contribution is 2.41. The van der Waals surface area contributed by atoms with Crippen molar-refractivity contribution in [3.8, 4) is 5.75 Å². The monoisotopic (exact) mass is 391 g/mol. The van der Waals surface area contributed by atoms with Crippen LogP contribution < -0.4 is 10.1 Å². The molecular weight excluding hydrogens is 366 g/mol. The molecule has 1 aromatic carbocycles. The number of hydrogen-bond donors (Lipinski definition) is 1. The van der Waals surface area contributed by atoms with Crippen LogP contribution in [0.5, 0.6) is 5.75 Å². The number of ether oxygens (including phenoxy) is 1. The van der Waals surface area contributed by atoms with Crippen LogP contribution in [0.1, 0.15) is 25.7 Å². The molecule has 7 nitrogen and oxygen atoms in total. The normalized spacial score (nSPS) is 24.3. The van der Waals surface area contributed by atoms with Crippen LogP contribution in [0.2, 0.25) is 0 Å². The van der Waals surface area contributed by atoms with E-state index in [1.165, 1.54) is 0 Å². The van der Waals surface area contributed by atoms with E-state index in [0.717, 1.165) is 25.1 Å². The van der Waals surface area contributed by atoms with Crippen molar-refractivity contribution in [2.24, 2.45) is 5.92 Å². The molecule has 1 N–H and O–H groups in total. The first-order valence-corrected chi connectivity index (χ1v) is 10.7. The molecule has 0 radical (unpaired) electrons. The molecule has 3 aliphatic rings. The SMILES string of the molecule is COc1ccc(NC(=O)N2CCC3(CC2)N(CC2CC2)C(=O)CS3=O)cc1. The zero-order valence-electron chi connectivity index (χ0n) is 15.5. The number of benzene rings is 1. The smallest absolute Gasteiger partial charge is 0.321 e. The summed E-state index contributed by atoms with van der Waals surface area (Å²) in [5.74, 6) is 1.44. The number of likely N-dealkylation sites (tertiary alicyclic amines) is 1. The average molecular weight is 391 g/mol. The van der Waals surface area contributed by atoms with Gasteiger partial charge in [0.25, 0.3) is 0 Å². The van der Waals surface area contributed by atoms with Crippen LogP contribution in [0.25, 0.3) is 0 Å². The Balaban J connectivity index is 1.39. The van der Waals surface area contributed by atoms with Gasteiger partial charge in [0.15, 0.2) is 0 Å². The minimum Gasteiger partial charge on any atom is -0.497 e. The van der Waals surface area contributed by atoms with Crippen molar-refractivity contribution < 1.29 is 18.5 Å². The topological polar surface area (TPSA) is 79.0 Å². The average Bonchev–Trinajstić information content (AvgIpc) is 3.47. The van der Waals surface area contributed by atoms with E-state index >= 15 is 0 Å². The summed E-state index contributed by atoms with van der Waals surface area (Å²) in [6.07, 6.45) is 3.47. The van der Waals surface area contributed by atoms with Crippen molar-refractivity contribution >= 4 is 28.4 Å². The number of amides is 3. The van der Waals surface area contributed by atoms with Crippen molar-refractivity contribution in [3.63, 3.8) is 0 Å². The molecule has 1 atom stereocenters. The second-order valence-corrected chi connectivity index (χ2v) is 9.27. The molecule has 3 fully saturated rings. The molecule has 1 saturated carbocycles. The van der Waals surface area contributed by atoms with E-state index in [0.29, 0.717) is 37.5 Å². The Morgan fingerprint density at radius 2 is 1.93 bits per heavy atom. The van der Waals surface area contributed by atoms with Crippen molar-refractivity contribution in [2.75, 3.05) is 37.8 Å². The van der Waals surface area contributed by atoms with Crippen LogP contribution in [0.3, 0.4) is 0 Å². The molecule has 1 spiro atoms. The lowest BCUT2D eigenvalue weighted by atomic mass is 10.0. The van der Waals surface area contributed by atoms with Gasteiger partial charge in [0.2, 0.25) is 5.91 Å². The van der Waals surface area contributed by atoms with Gasteiger partial charge in [0, 0.05) is 38.2 Å². The van der Waals surface area contributed by atoms with Gasteiger partial charge < -0.3 is 19.9 Å². The second kappa shape index (κ2) is 7.14. The van der Waals surface area contributed by atoms with Gasteiger partial charge >= 0.3 is 6.03 Å². The van der Waals surface area contributed by atoms with E-state index in [9.17, 15) is 13.8 Å². The van der Waals surface area contributed by atoms with E-state index in [2.05, 4.69) is 5.32 Å². The van der Waals surface area contributed by atoms with Crippen molar-refractivity contribution in [1.29, 1.82) is 0 Å². The zero-order valence-corrected chi connectivity index (χ0v) is 16.3. The highest BCUT2D eigenvalue weighted by atomic mass is 32.2. The summed E-state index contributed by atoms with van der Waals surface area (Å²) in [6, 6.07) is 7.02. The van der Waals surface area contributed by atoms with E-state index < -0.39 is 15.7 Å². The lowest BCUT2D eigenvalue weighted by Gasteiger charge is -2.43. The largest absolute Gasteiger partial charge is 0.497 e. The van der Waals surface area contributed by atoms with Crippen LogP contribution in [-0.2, 0) is 15.6 Å². The van der Waals surface area contributed by atoms with Crippen LogP contribution in [0, 0.1) is 5.92 Å². The molecule has 8 heteroatoms. The summed E-state index contributed by atoms with van der Waals surface area (Å²) in [5, 5.41) is 2.89. The van der Waals surface area contributed by atoms with Gasteiger partial charge in [-0.15, -0.1) is 0 Å². The van der Waals surface area contributed by atoms with E-state index in [-0.39, 0.29) is 17.7 Å². The Hall–Kier alpha value is -2.09. The lowest BCUT2D eigenvalue weighted by Crippen LogP contribution is -2.56. The Kier molecular flexibility index (Phi) is 4.84. The highest BCUT2D eigenvalue weighted by molar-refractivity contribution is 7.87. The number of carbonyl (C=O) groups excluding carboxylic acids is 2. The number of carbonyl (C=O) groups is 2. The van der Waals surface area contributed by atoms with Gasteiger partial charge in [-0.25, -0.2) is 4.79 Å². The Morgan fingerprint density at radius 1 is 1.26 bits per heavy atom. The number of nitrogens with zero attached hydrogens (tertiary/aromatic N) is 2. The highest BCUT2D eigenvalue weighted by Gasteiger charge is 2.54. The maximum atomic E-state index is 12.7. The molecule has 3 amide bonds. The summed E-state index contributed by atoms with van der Waals surface area (Å²) in [5.41, 5.74) is 0.705. The number of hydrogen-bond acceptors (Lipinski definition) is 4. The number of methoxy groups -OCH3 is 1. The van der Waals surface area contributed by atoms with Crippen molar-refractivity contribution in [2.45, 2.75) is 30.6 Å². The van der Waals surface area contributed by atoms with Crippen molar-refractivity contribution in [3.05, 3.63) is 24.3 Å². The molecule has 4 rings (SSSR count). The van der Waals surface area contributed by atoms with Crippen LogP contribution in [0.4, 0.5) is 10.5 Å². The van der Waals surface area contributed by atoms with E-state index in [1.807, 2.05) is 4.90 Å². The molecule has 2 saturated heterocycles. The molecule has 0 aromatic heterocycles. The summed E-state index contributed by atoms with van der Waals surface area (Å²) in [7, 11) is 0.416. The van der Waals surface area contributed by atoms with Crippen LogP contribution in [-0.4, -0.2) is 63.3 Å². The third kappa shape index (κ3) is 3.54. The maximum Gasteiger partial charge on any atom is 0.321 e. The summed E-state index contributed by atoms with van der Waals surface area (Å²) >= 11 is 0. The fraction of sp³-hybridized carbons (Fsp3) is 0.579. The molecule has 27 heavy (non-hydrogen) atoms. The molecule has 0 bridgehead atoms. The number of rotatable bonds is 4. The van der Waals surface area contributed by atoms with E-state index in [4.69, 9.17) is 4.74 Å². The Labute approximate surface area is 161 Å². The molecule has 146 valence electrons. The summed E-state index contributed by atoms with van der Waals surface area (Å²) in [4.78, 5) is 28.0. The second-order valence-electron chi connectivity index (χ2n) is 7.53. The molecular formula is C19H25N3O4S. The summed E-state index contributed by atoms with van der Waals surface area (Å²) in [6.45, 7) is 1.73. The van der Waals surface area contributed by atoms with Gasteiger partial charge in [-0.2, -0.15) is 0 Å². The zero-order chi connectivity index (χ0) is 19.0. The molecule has 2 aliphatic heterocycles. The predicted octanol–water partition coefficient (Wildman–Crippen LogP) is 2.02. The standard InChI is InChI=1S/C19H25N3O4S/c1-26-16-6-4-15(5-7-16)20-18(24)21-10-8-19(9-11-21)22(12-14-2-3-14)17(23)13-27(19)25/h4-7,14H,2-3,8-13H2,1H3,(H,20,24). The molecule has 1 unspecified atom stereocenters. The van der Waals surface area contributed by atoms with Gasteiger partial charge in [-0.05, 0) is 43.0 Å². The molecule has 1 aliphatic carbocycles. The van der Waals surface area contributed by atoms with Gasteiger partial charge in [-0.3, -0.25) is 9.00 Å². The fourth-order valence-corrected chi connectivity index (χ4v) is 5.64. The minimum absolute atomic E-state index is 0.0105. The van der Waals surface area contributed by atoms with Gasteiger partial charge in [-0.1, -0.05) is 0 Å². The van der Waals surface area contributed by atoms with Crippen LogP contribution >= 0.6 is 0 Å². The summed E-state index contributed by atoms with van der Waals surface area (Å²) < 4.78 is 17.8. The van der Waals surface area contributed by atoms with Gasteiger partial charge in [0.1, 0.15) is 16.4 Å². The number of nitrogens with one attached hydrogen (secondary N) is 1. The number of anilines is 1. The first kappa shape index (κ1) is 18.3.